The van der Waals surface area contributed by atoms with Gasteiger partial charge in [0, 0.05) is 5.56 Å². The summed E-state index contributed by atoms with van der Waals surface area (Å²) in [5, 5.41) is 0. The summed E-state index contributed by atoms with van der Waals surface area (Å²) in [4.78, 5) is 52.7. The highest BCUT2D eigenvalue weighted by Gasteiger charge is 2.61. The summed E-state index contributed by atoms with van der Waals surface area (Å²) in [5.74, 6) is -1.40. The third-order valence-electron chi connectivity index (χ3n) is 6.98. The van der Waals surface area contributed by atoms with Crippen LogP contribution in [-0.2, 0) is 9.59 Å². The number of ketones is 1. The Morgan fingerprint density at radius 3 is 2.18 bits per heavy atom. The molecular weight excluding hydrogens is 363 g/mol. The Kier molecular flexibility index (Phi) is 3.73. The Morgan fingerprint density at radius 1 is 1.00 bits per heavy atom. The van der Waals surface area contributed by atoms with E-state index in [1.165, 1.54) is 23.1 Å². The van der Waals surface area contributed by atoms with Crippen molar-refractivity contribution in [3.63, 3.8) is 0 Å². The molecular formula is C21H21FN2O4. The Hall–Kier alpha value is -2.57. The van der Waals surface area contributed by atoms with E-state index in [1.807, 2.05) is 0 Å². The van der Waals surface area contributed by atoms with Crippen molar-refractivity contribution >= 4 is 23.6 Å². The van der Waals surface area contributed by atoms with Crippen LogP contribution >= 0.6 is 0 Å². The summed E-state index contributed by atoms with van der Waals surface area (Å²) < 4.78 is 13.4. The maximum Gasteiger partial charge on any atom is 0.335 e. The molecule has 1 aliphatic heterocycles. The molecule has 1 heterocycles. The van der Waals surface area contributed by atoms with E-state index in [-0.39, 0.29) is 5.56 Å². The van der Waals surface area contributed by atoms with Gasteiger partial charge in [-0.1, -0.05) is 12.1 Å². The number of hydrogen-bond acceptors (Lipinski definition) is 4. The summed E-state index contributed by atoms with van der Waals surface area (Å²) in [6, 6.07) is 4.40. The average Bonchev–Trinajstić information content (AvgIpc) is 2.84. The SMILES string of the molecule is O=C(CN1C(=O)C(=O)N(C23CC4CC(CC(C4)C2)C3)C1=O)c1cccc(F)c1. The Balaban J connectivity index is 1.40. The smallest absolute Gasteiger partial charge is 0.292 e. The first kappa shape index (κ1) is 17.5. The fraction of sp³-hybridized carbons (Fsp3) is 0.524. The van der Waals surface area contributed by atoms with Gasteiger partial charge in [-0.05, 0) is 68.4 Å². The zero-order chi connectivity index (χ0) is 19.6. The summed E-state index contributed by atoms with van der Waals surface area (Å²) >= 11 is 0. The number of hydrogen-bond donors (Lipinski definition) is 0. The molecule has 5 fully saturated rings. The van der Waals surface area contributed by atoms with Crippen LogP contribution in [0.3, 0.4) is 0 Å². The number of amides is 4. The molecule has 1 aromatic rings. The van der Waals surface area contributed by atoms with Crippen molar-refractivity contribution in [2.75, 3.05) is 6.54 Å². The maximum atomic E-state index is 13.4. The monoisotopic (exact) mass is 384 g/mol. The van der Waals surface area contributed by atoms with Crippen LogP contribution in [0.4, 0.5) is 9.18 Å². The lowest BCUT2D eigenvalue weighted by molar-refractivity contribution is -0.149. The average molecular weight is 384 g/mol. The van der Waals surface area contributed by atoms with Gasteiger partial charge in [-0.25, -0.2) is 19.0 Å². The van der Waals surface area contributed by atoms with Crippen molar-refractivity contribution in [2.24, 2.45) is 17.8 Å². The number of carbonyl (C=O) groups is 4. The van der Waals surface area contributed by atoms with E-state index in [0.29, 0.717) is 17.8 Å². The Bertz CT molecular complexity index is 876. The third kappa shape index (κ3) is 2.52. The minimum atomic E-state index is -0.953. The highest BCUT2D eigenvalue weighted by Crippen LogP contribution is 2.58. The quantitative estimate of drug-likeness (QED) is 0.455. The minimum Gasteiger partial charge on any atom is -0.292 e. The molecule has 1 aromatic carbocycles. The molecule has 4 saturated carbocycles. The molecule has 0 atom stereocenters. The van der Waals surface area contributed by atoms with Gasteiger partial charge in [-0.2, -0.15) is 0 Å². The van der Waals surface area contributed by atoms with Gasteiger partial charge in [0.2, 0.25) is 0 Å². The molecule has 4 aliphatic carbocycles. The van der Waals surface area contributed by atoms with Gasteiger partial charge in [0.05, 0.1) is 12.1 Å². The summed E-state index contributed by atoms with van der Waals surface area (Å²) in [5.41, 5.74) is -0.504. The summed E-state index contributed by atoms with van der Waals surface area (Å²) in [6.07, 6.45) is 5.71. The number of urea groups is 1. The molecule has 146 valence electrons. The second kappa shape index (κ2) is 5.96. The van der Waals surface area contributed by atoms with Crippen molar-refractivity contribution < 1.29 is 23.6 Å². The van der Waals surface area contributed by atoms with Crippen LogP contribution in [0.2, 0.25) is 0 Å². The lowest BCUT2D eigenvalue weighted by atomic mass is 9.52. The fourth-order valence-electron chi connectivity index (χ4n) is 6.30. The van der Waals surface area contributed by atoms with Crippen molar-refractivity contribution in [3.05, 3.63) is 35.6 Å². The molecule has 4 bridgehead atoms. The fourth-order valence-corrected chi connectivity index (χ4v) is 6.30. The summed E-state index contributed by atoms with van der Waals surface area (Å²) in [7, 11) is 0. The maximum absolute atomic E-state index is 13.4. The van der Waals surface area contributed by atoms with Crippen LogP contribution in [0.5, 0.6) is 0 Å². The number of halogens is 1. The van der Waals surface area contributed by atoms with Gasteiger partial charge >= 0.3 is 17.8 Å². The second-order valence-electron chi connectivity index (χ2n) is 8.89. The summed E-state index contributed by atoms with van der Waals surface area (Å²) in [6.45, 7) is -0.546. The molecule has 0 spiro atoms. The number of imide groups is 2. The van der Waals surface area contributed by atoms with E-state index in [4.69, 9.17) is 0 Å². The Labute approximate surface area is 161 Å². The molecule has 6 rings (SSSR count). The number of carbonyl (C=O) groups excluding carboxylic acids is 4. The lowest BCUT2D eigenvalue weighted by Gasteiger charge is -2.58. The second-order valence-corrected chi connectivity index (χ2v) is 8.89. The zero-order valence-electron chi connectivity index (χ0n) is 15.4. The highest BCUT2D eigenvalue weighted by molar-refractivity contribution is 6.45. The predicted molar refractivity (Wildman–Crippen MR) is 95.6 cm³/mol. The molecule has 0 unspecified atom stereocenters. The molecule has 0 N–H and O–H groups in total. The van der Waals surface area contributed by atoms with E-state index in [0.717, 1.165) is 49.5 Å². The largest absolute Gasteiger partial charge is 0.335 e. The standard InChI is InChI=1S/C21H21FN2O4/c22-16-3-1-2-15(7-16)17(25)11-23-18(26)19(27)24(20(23)28)21-8-12-4-13(9-21)6-14(5-12)10-21/h1-3,7,12-14H,4-6,8-11H2. The van der Waals surface area contributed by atoms with E-state index in [2.05, 4.69) is 0 Å². The lowest BCUT2D eigenvalue weighted by Crippen LogP contribution is -2.62. The van der Waals surface area contributed by atoms with Crippen molar-refractivity contribution in [2.45, 2.75) is 44.1 Å². The third-order valence-corrected chi connectivity index (χ3v) is 6.98. The normalized spacial score (nSPS) is 33.9. The van der Waals surface area contributed by atoms with Crippen LogP contribution in [0.25, 0.3) is 0 Å². The van der Waals surface area contributed by atoms with Crippen LogP contribution in [0, 0.1) is 23.6 Å². The zero-order valence-corrected chi connectivity index (χ0v) is 15.4. The van der Waals surface area contributed by atoms with Gasteiger partial charge in [0.1, 0.15) is 5.82 Å². The first-order valence-electron chi connectivity index (χ1n) is 9.85. The highest BCUT2D eigenvalue weighted by atomic mass is 19.1. The molecule has 28 heavy (non-hydrogen) atoms. The molecule has 6 nitrogen and oxygen atoms in total. The number of nitrogens with zero attached hydrogens (tertiary/aromatic N) is 2. The van der Waals surface area contributed by atoms with E-state index in [9.17, 15) is 23.6 Å². The predicted octanol–water partition coefficient (Wildman–Crippen LogP) is 2.77. The first-order valence-corrected chi connectivity index (χ1v) is 9.85. The number of Topliss-reactive ketones (excluding diaryl/α,β-unsaturated/α-hetero) is 1. The van der Waals surface area contributed by atoms with Crippen molar-refractivity contribution in [1.82, 2.24) is 9.80 Å². The van der Waals surface area contributed by atoms with Gasteiger partial charge in [-0.3, -0.25) is 14.4 Å². The Morgan fingerprint density at radius 2 is 1.61 bits per heavy atom. The van der Waals surface area contributed by atoms with Gasteiger partial charge in [0.25, 0.3) is 0 Å². The van der Waals surface area contributed by atoms with E-state index < -0.39 is 41.5 Å². The van der Waals surface area contributed by atoms with Crippen molar-refractivity contribution in [1.29, 1.82) is 0 Å². The van der Waals surface area contributed by atoms with Crippen LogP contribution < -0.4 is 0 Å². The minimum absolute atomic E-state index is 0.0707. The molecule has 7 heteroatoms. The molecule has 1 saturated heterocycles. The van der Waals surface area contributed by atoms with Gasteiger partial charge < -0.3 is 0 Å². The molecule has 0 aromatic heterocycles. The molecule has 0 radical (unpaired) electrons. The van der Waals surface area contributed by atoms with E-state index in [1.54, 1.807) is 0 Å². The van der Waals surface area contributed by atoms with Gasteiger partial charge in [0.15, 0.2) is 5.78 Å². The number of rotatable bonds is 4. The van der Waals surface area contributed by atoms with Crippen LogP contribution in [0.1, 0.15) is 48.9 Å². The first-order chi connectivity index (χ1) is 13.4. The number of benzene rings is 1. The van der Waals surface area contributed by atoms with E-state index >= 15 is 0 Å². The van der Waals surface area contributed by atoms with Crippen LogP contribution in [0.15, 0.2) is 24.3 Å². The topological polar surface area (TPSA) is 74.8 Å². The van der Waals surface area contributed by atoms with Crippen molar-refractivity contribution in [3.8, 4) is 0 Å². The van der Waals surface area contributed by atoms with Crippen LogP contribution in [-0.4, -0.2) is 45.5 Å². The van der Waals surface area contributed by atoms with Gasteiger partial charge in [-0.15, -0.1) is 0 Å². The molecule has 4 amide bonds. The molecule has 5 aliphatic rings.